The van der Waals surface area contributed by atoms with Gasteiger partial charge in [0.2, 0.25) is 0 Å². The third-order valence-corrected chi connectivity index (χ3v) is 3.21. The second-order valence-corrected chi connectivity index (χ2v) is 4.81. The van der Waals surface area contributed by atoms with Crippen LogP contribution in [0.25, 0.3) is 10.9 Å². The molecule has 1 aromatic heterocycles. The van der Waals surface area contributed by atoms with E-state index in [1.165, 1.54) is 0 Å². The average molecular weight is 286 g/mol. The zero-order chi connectivity index (χ0) is 13.9. The minimum atomic E-state index is -0.0100. The number of aromatic nitrogens is 1. The fourth-order valence-electron chi connectivity index (χ4n) is 2.02. The number of pyridine rings is 1. The molecule has 0 unspecified atom stereocenters. The van der Waals surface area contributed by atoms with Crippen LogP contribution in [-0.4, -0.2) is 10.1 Å². The average Bonchev–Trinajstić information content (AvgIpc) is 2.47. The molecule has 0 spiro atoms. The second kappa shape index (κ2) is 5.49. The van der Waals surface area contributed by atoms with Crippen molar-refractivity contribution in [3.63, 3.8) is 0 Å². The van der Waals surface area contributed by atoms with Crippen molar-refractivity contribution in [2.75, 3.05) is 0 Å². The Kier molecular flexibility index (Phi) is 3.54. The number of fused-ring (bicyclic) bond motifs is 1. The van der Waals surface area contributed by atoms with Crippen LogP contribution in [0.15, 0.2) is 54.7 Å². The lowest BCUT2D eigenvalue weighted by Crippen LogP contribution is -1.89. The van der Waals surface area contributed by atoms with Crippen LogP contribution in [0, 0.1) is 0 Å². The minimum absolute atomic E-state index is 0.0100. The zero-order valence-electron chi connectivity index (χ0n) is 10.6. The van der Waals surface area contributed by atoms with Gasteiger partial charge in [0.05, 0.1) is 12.1 Å². The van der Waals surface area contributed by atoms with Crippen molar-refractivity contribution < 1.29 is 9.84 Å². The first kappa shape index (κ1) is 12.9. The molecule has 0 aliphatic rings. The maximum absolute atomic E-state index is 9.15. The second-order valence-electron chi connectivity index (χ2n) is 4.38. The molecule has 0 atom stereocenters. The highest BCUT2D eigenvalue weighted by Gasteiger charge is 2.05. The fourth-order valence-corrected chi connectivity index (χ4v) is 2.18. The van der Waals surface area contributed by atoms with E-state index in [-0.39, 0.29) is 6.61 Å². The third-order valence-electron chi connectivity index (χ3n) is 2.97. The smallest absolute Gasteiger partial charge is 0.138 e. The summed E-state index contributed by atoms with van der Waals surface area (Å²) in [6.07, 6.45) is 1.68. The van der Waals surface area contributed by atoms with Gasteiger partial charge in [-0.15, -0.1) is 0 Å². The van der Waals surface area contributed by atoms with Gasteiger partial charge in [-0.3, -0.25) is 4.98 Å². The number of ether oxygens (including phenoxy) is 1. The Bertz CT molecular complexity index is 758. The molecule has 0 aliphatic heterocycles. The lowest BCUT2D eigenvalue weighted by atomic mass is 10.2. The van der Waals surface area contributed by atoms with Gasteiger partial charge in [0.15, 0.2) is 0 Å². The molecule has 0 amide bonds. The third kappa shape index (κ3) is 2.59. The topological polar surface area (TPSA) is 42.4 Å². The number of hydrogen-bond acceptors (Lipinski definition) is 3. The molecule has 3 nitrogen and oxygen atoms in total. The molecule has 4 heteroatoms. The van der Waals surface area contributed by atoms with Crippen LogP contribution in [0.5, 0.6) is 11.5 Å². The van der Waals surface area contributed by atoms with E-state index in [0.717, 1.165) is 16.5 Å². The number of aliphatic hydroxyl groups excluding tert-OH is 1. The summed E-state index contributed by atoms with van der Waals surface area (Å²) in [7, 11) is 0. The van der Waals surface area contributed by atoms with Gasteiger partial charge in [-0.2, -0.15) is 0 Å². The summed E-state index contributed by atoms with van der Waals surface area (Å²) in [5.41, 5.74) is 1.59. The van der Waals surface area contributed by atoms with Crippen LogP contribution < -0.4 is 4.74 Å². The summed E-state index contributed by atoms with van der Waals surface area (Å²) in [5.74, 6) is 1.39. The molecule has 3 aromatic rings. The maximum Gasteiger partial charge on any atom is 0.138 e. The first-order valence-corrected chi connectivity index (χ1v) is 6.56. The van der Waals surface area contributed by atoms with Crippen LogP contribution in [0.3, 0.4) is 0 Å². The largest absolute Gasteiger partial charge is 0.457 e. The number of aliphatic hydroxyl groups is 1. The SMILES string of the molecule is OCc1cccc(Oc2ccnc3cc(Cl)ccc23)c1. The van der Waals surface area contributed by atoms with E-state index in [9.17, 15) is 0 Å². The number of benzene rings is 2. The van der Waals surface area contributed by atoms with E-state index >= 15 is 0 Å². The Labute approximate surface area is 121 Å². The summed E-state index contributed by atoms with van der Waals surface area (Å²) in [6.45, 7) is -0.0100. The summed E-state index contributed by atoms with van der Waals surface area (Å²) in [4.78, 5) is 4.27. The minimum Gasteiger partial charge on any atom is -0.457 e. The molecule has 3 rings (SSSR count). The molecule has 0 radical (unpaired) electrons. The molecule has 0 bridgehead atoms. The Morgan fingerprint density at radius 3 is 2.85 bits per heavy atom. The molecule has 20 heavy (non-hydrogen) atoms. The molecule has 0 fully saturated rings. The highest BCUT2D eigenvalue weighted by Crippen LogP contribution is 2.30. The first-order valence-electron chi connectivity index (χ1n) is 6.18. The standard InChI is InChI=1S/C16H12ClNO2/c17-12-4-5-14-15(9-12)18-7-6-16(14)20-13-3-1-2-11(8-13)10-19/h1-9,19H,10H2. The molecule has 2 aromatic carbocycles. The Morgan fingerprint density at radius 2 is 2.00 bits per heavy atom. The highest BCUT2D eigenvalue weighted by atomic mass is 35.5. The fraction of sp³-hybridized carbons (Fsp3) is 0.0625. The molecule has 100 valence electrons. The van der Waals surface area contributed by atoms with E-state index in [4.69, 9.17) is 21.4 Å². The van der Waals surface area contributed by atoms with E-state index in [1.54, 1.807) is 12.3 Å². The monoisotopic (exact) mass is 285 g/mol. The lowest BCUT2D eigenvalue weighted by Gasteiger charge is -2.09. The van der Waals surface area contributed by atoms with Gasteiger partial charge in [0, 0.05) is 16.6 Å². The molecule has 0 aliphatic carbocycles. The first-order chi connectivity index (χ1) is 9.76. The van der Waals surface area contributed by atoms with E-state index in [0.29, 0.717) is 16.5 Å². The zero-order valence-corrected chi connectivity index (χ0v) is 11.3. The van der Waals surface area contributed by atoms with Crippen molar-refractivity contribution in [1.29, 1.82) is 0 Å². The van der Waals surface area contributed by atoms with Gasteiger partial charge in [0.25, 0.3) is 0 Å². The highest BCUT2D eigenvalue weighted by molar-refractivity contribution is 6.31. The molecule has 0 saturated carbocycles. The summed E-state index contributed by atoms with van der Waals surface area (Å²) in [6, 6.07) is 14.6. The predicted molar refractivity (Wildman–Crippen MR) is 79.2 cm³/mol. The molecule has 1 heterocycles. The lowest BCUT2D eigenvalue weighted by molar-refractivity contribution is 0.281. The van der Waals surface area contributed by atoms with Crippen molar-refractivity contribution in [2.45, 2.75) is 6.61 Å². The van der Waals surface area contributed by atoms with Gasteiger partial charge in [-0.1, -0.05) is 23.7 Å². The normalized spacial score (nSPS) is 10.7. The van der Waals surface area contributed by atoms with Gasteiger partial charge in [0.1, 0.15) is 11.5 Å². The van der Waals surface area contributed by atoms with Crippen molar-refractivity contribution in [1.82, 2.24) is 4.98 Å². The molecule has 0 saturated heterocycles. The summed E-state index contributed by atoms with van der Waals surface area (Å²) >= 11 is 5.96. The van der Waals surface area contributed by atoms with Crippen molar-refractivity contribution in [3.8, 4) is 11.5 Å². The van der Waals surface area contributed by atoms with Crippen LogP contribution in [0.1, 0.15) is 5.56 Å². The van der Waals surface area contributed by atoms with Crippen LogP contribution in [0.4, 0.5) is 0 Å². The summed E-state index contributed by atoms with van der Waals surface area (Å²) in [5, 5.41) is 10.7. The number of nitrogens with zero attached hydrogens (tertiary/aromatic N) is 1. The van der Waals surface area contributed by atoms with Crippen molar-refractivity contribution in [2.24, 2.45) is 0 Å². The number of hydrogen-bond donors (Lipinski definition) is 1. The Balaban J connectivity index is 2.02. The summed E-state index contributed by atoms with van der Waals surface area (Å²) < 4.78 is 5.88. The van der Waals surface area contributed by atoms with Crippen molar-refractivity contribution in [3.05, 3.63) is 65.3 Å². The maximum atomic E-state index is 9.15. The van der Waals surface area contributed by atoms with Crippen LogP contribution in [0.2, 0.25) is 5.02 Å². The quantitative estimate of drug-likeness (QED) is 0.785. The number of halogens is 1. The van der Waals surface area contributed by atoms with Gasteiger partial charge in [-0.05, 0) is 42.0 Å². The molecular weight excluding hydrogens is 274 g/mol. The van der Waals surface area contributed by atoms with Gasteiger partial charge < -0.3 is 9.84 Å². The van der Waals surface area contributed by atoms with Crippen LogP contribution >= 0.6 is 11.6 Å². The van der Waals surface area contributed by atoms with Crippen LogP contribution in [-0.2, 0) is 6.61 Å². The van der Waals surface area contributed by atoms with Gasteiger partial charge in [-0.25, -0.2) is 0 Å². The Morgan fingerprint density at radius 1 is 1.10 bits per heavy atom. The Hall–Kier alpha value is -2.10. The van der Waals surface area contributed by atoms with E-state index in [2.05, 4.69) is 4.98 Å². The van der Waals surface area contributed by atoms with E-state index < -0.39 is 0 Å². The predicted octanol–water partition coefficient (Wildman–Crippen LogP) is 4.17. The molecule has 1 N–H and O–H groups in total. The molecular formula is C16H12ClNO2. The van der Waals surface area contributed by atoms with Gasteiger partial charge >= 0.3 is 0 Å². The van der Waals surface area contributed by atoms with Crippen molar-refractivity contribution >= 4 is 22.5 Å². The number of rotatable bonds is 3. The van der Waals surface area contributed by atoms with E-state index in [1.807, 2.05) is 42.5 Å².